The average molecular weight is 218 g/mol. The van der Waals surface area contributed by atoms with Gasteiger partial charge in [0.1, 0.15) is 0 Å². The van der Waals surface area contributed by atoms with Gasteiger partial charge in [-0.15, -0.1) is 0 Å². The van der Waals surface area contributed by atoms with Crippen molar-refractivity contribution in [1.82, 2.24) is 5.32 Å². The van der Waals surface area contributed by atoms with Gasteiger partial charge in [0, 0.05) is 25.7 Å². The highest BCUT2D eigenvalue weighted by molar-refractivity contribution is 5.72. The Labute approximate surface area is 96.2 Å². The Morgan fingerprint density at radius 3 is 2.88 bits per heavy atom. The lowest BCUT2D eigenvalue weighted by Crippen LogP contribution is -2.26. The van der Waals surface area contributed by atoms with E-state index in [9.17, 15) is 4.79 Å². The molecule has 1 aromatic carbocycles. The second-order valence-corrected chi connectivity index (χ2v) is 4.25. The predicted octanol–water partition coefficient (Wildman–Crippen LogP) is 1.72. The van der Waals surface area contributed by atoms with Crippen molar-refractivity contribution in [3.8, 4) is 0 Å². The van der Waals surface area contributed by atoms with Crippen molar-refractivity contribution in [2.75, 3.05) is 18.4 Å². The quantitative estimate of drug-likeness (QED) is 0.756. The van der Waals surface area contributed by atoms with Gasteiger partial charge >= 0.3 is 0 Å². The Balaban J connectivity index is 1.83. The molecule has 0 radical (unpaired) electrons. The van der Waals surface area contributed by atoms with Gasteiger partial charge in [-0.3, -0.25) is 4.79 Å². The van der Waals surface area contributed by atoms with Gasteiger partial charge in [0.05, 0.1) is 0 Å². The van der Waals surface area contributed by atoms with Crippen LogP contribution in [-0.4, -0.2) is 19.0 Å². The lowest BCUT2D eigenvalue weighted by Gasteiger charge is -2.08. The average Bonchev–Trinajstić information content (AvgIpc) is 2.71. The van der Waals surface area contributed by atoms with Crippen LogP contribution in [0.1, 0.15) is 24.5 Å². The summed E-state index contributed by atoms with van der Waals surface area (Å²) in [5, 5.41) is 6.08. The Bertz CT molecular complexity index is 388. The number of fused-ring (bicyclic) bond motifs is 1. The number of benzene rings is 1. The number of carbonyl (C=O) groups excluding carboxylic acids is 1. The fraction of sp³-hybridized carbons (Fsp3) is 0.462. The number of carbonyl (C=O) groups is 1. The molecule has 0 spiro atoms. The Hall–Kier alpha value is -1.51. The standard InChI is InChI=1S/C13H18N2O/c1-10(16)14-7-8-15-13-6-5-11-3-2-4-12(11)9-13/h5-6,9,15H,2-4,7-8H2,1H3,(H,14,16). The fourth-order valence-electron chi connectivity index (χ4n) is 2.13. The van der Waals surface area contributed by atoms with Gasteiger partial charge in [-0.2, -0.15) is 0 Å². The first kappa shape index (κ1) is 11.0. The summed E-state index contributed by atoms with van der Waals surface area (Å²) < 4.78 is 0. The number of nitrogens with one attached hydrogen (secondary N) is 2. The Morgan fingerprint density at radius 1 is 1.25 bits per heavy atom. The highest BCUT2D eigenvalue weighted by atomic mass is 16.1. The Kier molecular flexibility index (Phi) is 3.44. The van der Waals surface area contributed by atoms with E-state index >= 15 is 0 Å². The highest BCUT2D eigenvalue weighted by Crippen LogP contribution is 2.24. The number of anilines is 1. The molecule has 0 atom stereocenters. The number of hydrogen-bond donors (Lipinski definition) is 2. The zero-order valence-corrected chi connectivity index (χ0v) is 9.68. The van der Waals surface area contributed by atoms with E-state index in [0.29, 0.717) is 6.54 Å². The van der Waals surface area contributed by atoms with Crippen molar-refractivity contribution in [1.29, 1.82) is 0 Å². The molecule has 0 heterocycles. The van der Waals surface area contributed by atoms with Crippen LogP contribution in [0.2, 0.25) is 0 Å². The summed E-state index contributed by atoms with van der Waals surface area (Å²) in [4.78, 5) is 10.7. The first-order valence-electron chi connectivity index (χ1n) is 5.86. The molecule has 1 aliphatic rings. The minimum atomic E-state index is 0.0238. The molecule has 1 aliphatic carbocycles. The van der Waals surface area contributed by atoms with Crippen LogP contribution < -0.4 is 10.6 Å². The maximum Gasteiger partial charge on any atom is 0.216 e. The molecule has 0 saturated carbocycles. The molecule has 2 rings (SSSR count). The van der Waals surface area contributed by atoms with Crippen molar-refractivity contribution in [3.63, 3.8) is 0 Å². The van der Waals surface area contributed by atoms with Gasteiger partial charge in [-0.1, -0.05) is 6.07 Å². The van der Waals surface area contributed by atoms with Crippen molar-refractivity contribution < 1.29 is 4.79 Å². The molecule has 3 heteroatoms. The Morgan fingerprint density at radius 2 is 2.06 bits per heavy atom. The van der Waals surface area contributed by atoms with Gasteiger partial charge in [0.25, 0.3) is 0 Å². The van der Waals surface area contributed by atoms with Crippen molar-refractivity contribution in [2.45, 2.75) is 26.2 Å². The van der Waals surface area contributed by atoms with Gasteiger partial charge < -0.3 is 10.6 Å². The third-order valence-corrected chi connectivity index (χ3v) is 2.93. The van der Waals surface area contributed by atoms with Crippen LogP contribution in [-0.2, 0) is 17.6 Å². The molecule has 1 aromatic rings. The van der Waals surface area contributed by atoms with Gasteiger partial charge in [0.15, 0.2) is 0 Å². The summed E-state index contributed by atoms with van der Waals surface area (Å²) in [5.74, 6) is 0.0238. The summed E-state index contributed by atoms with van der Waals surface area (Å²) in [5.41, 5.74) is 4.13. The molecule has 16 heavy (non-hydrogen) atoms. The maximum absolute atomic E-state index is 10.7. The lowest BCUT2D eigenvalue weighted by molar-refractivity contribution is -0.118. The molecule has 3 nitrogen and oxygen atoms in total. The summed E-state index contributed by atoms with van der Waals surface area (Å²) in [6.07, 6.45) is 3.71. The fourth-order valence-corrected chi connectivity index (χ4v) is 2.13. The predicted molar refractivity (Wildman–Crippen MR) is 65.6 cm³/mol. The summed E-state index contributed by atoms with van der Waals surface area (Å²) >= 11 is 0. The number of hydrogen-bond acceptors (Lipinski definition) is 2. The van der Waals surface area contributed by atoms with Crippen molar-refractivity contribution in [3.05, 3.63) is 29.3 Å². The third-order valence-electron chi connectivity index (χ3n) is 2.93. The molecule has 0 bridgehead atoms. The second kappa shape index (κ2) is 5.01. The van der Waals surface area contributed by atoms with E-state index in [-0.39, 0.29) is 5.91 Å². The van der Waals surface area contributed by atoms with Crippen LogP contribution in [0.25, 0.3) is 0 Å². The molecule has 0 aromatic heterocycles. The highest BCUT2D eigenvalue weighted by Gasteiger charge is 2.10. The van der Waals surface area contributed by atoms with Crippen LogP contribution >= 0.6 is 0 Å². The smallest absolute Gasteiger partial charge is 0.216 e. The monoisotopic (exact) mass is 218 g/mol. The molecule has 0 unspecified atom stereocenters. The molecule has 1 amide bonds. The second-order valence-electron chi connectivity index (χ2n) is 4.25. The SMILES string of the molecule is CC(=O)NCCNc1ccc2c(c1)CCC2. The molecule has 2 N–H and O–H groups in total. The number of amides is 1. The molecule has 86 valence electrons. The van der Waals surface area contributed by atoms with E-state index in [0.717, 1.165) is 12.2 Å². The molecule has 0 saturated heterocycles. The minimum absolute atomic E-state index is 0.0238. The van der Waals surface area contributed by atoms with E-state index in [4.69, 9.17) is 0 Å². The summed E-state index contributed by atoms with van der Waals surface area (Å²) in [6, 6.07) is 6.57. The van der Waals surface area contributed by atoms with Gasteiger partial charge in [-0.25, -0.2) is 0 Å². The first-order valence-corrected chi connectivity index (χ1v) is 5.86. The first-order chi connectivity index (χ1) is 7.75. The van der Waals surface area contributed by atoms with E-state index < -0.39 is 0 Å². The van der Waals surface area contributed by atoms with E-state index in [2.05, 4.69) is 28.8 Å². The van der Waals surface area contributed by atoms with Crippen molar-refractivity contribution in [2.24, 2.45) is 0 Å². The summed E-state index contributed by atoms with van der Waals surface area (Å²) in [6.45, 7) is 2.99. The van der Waals surface area contributed by atoms with Crippen LogP contribution in [0.3, 0.4) is 0 Å². The van der Waals surface area contributed by atoms with Crippen LogP contribution in [0, 0.1) is 0 Å². The molecular weight excluding hydrogens is 200 g/mol. The van der Waals surface area contributed by atoms with Crippen LogP contribution in [0.5, 0.6) is 0 Å². The van der Waals surface area contributed by atoms with Gasteiger partial charge in [0.2, 0.25) is 5.91 Å². The van der Waals surface area contributed by atoms with Crippen LogP contribution in [0.4, 0.5) is 5.69 Å². The normalized spacial score (nSPS) is 13.3. The minimum Gasteiger partial charge on any atom is -0.383 e. The molecule has 0 fully saturated rings. The lowest BCUT2D eigenvalue weighted by atomic mass is 10.1. The molecule has 0 aliphatic heterocycles. The number of rotatable bonds is 4. The van der Waals surface area contributed by atoms with E-state index in [1.165, 1.54) is 37.3 Å². The third kappa shape index (κ3) is 2.75. The molecular formula is C13H18N2O. The maximum atomic E-state index is 10.7. The van der Waals surface area contributed by atoms with E-state index in [1.807, 2.05) is 0 Å². The van der Waals surface area contributed by atoms with E-state index in [1.54, 1.807) is 0 Å². The summed E-state index contributed by atoms with van der Waals surface area (Å²) in [7, 11) is 0. The largest absolute Gasteiger partial charge is 0.383 e. The van der Waals surface area contributed by atoms with Gasteiger partial charge in [-0.05, 0) is 42.5 Å². The number of aryl methyl sites for hydroxylation is 2. The zero-order valence-electron chi connectivity index (χ0n) is 9.68. The van der Waals surface area contributed by atoms with Crippen LogP contribution in [0.15, 0.2) is 18.2 Å². The van der Waals surface area contributed by atoms with Crippen molar-refractivity contribution >= 4 is 11.6 Å². The zero-order chi connectivity index (χ0) is 11.4. The topological polar surface area (TPSA) is 41.1 Å².